The van der Waals surface area contributed by atoms with E-state index in [9.17, 15) is 4.79 Å². The van der Waals surface area contributed by atoms with Crippen molar-refractivity contribution in [3.8, 4) is 0 Å². The van der Waals surface area contributed by atoms with Gasteiger partial charge < -0.3 is 11.1 Å². The molecule has 1 aromatic heterocycles. The maximum atomic E-state index is 11.9. The lowest BCUT2D eigenvalue weighted by Crippen LogP contribution is -2.15. The molecule has 6 heteroatoms. The molecule has 18 heavy (non-hydrogen) atoms. The zero-order valence-corrected chi connectivity index (χ0v) is 11.2. The first kappa shape index (κ1) is 12.5. The number of hydrogen-bond acceptors (Lipinski definition) is 4. The van der Waals surface area contributed by atoms with E-state index in [0.717, 1.165) is 15.7 Å². The summed E-state index contributed by atoms with van der Waals surface area (Å²) in [4.78, 5) is 11.9. The van der Waals surface area contributed by atoms with Crippen molar-refractivity contribution in [2.45, 2.75) is 6.92 Å². The smallest absolute Gasteiger partial charge is 0.276 e. The van der Waals surface area contributed by atoms with Gasteiger partial charge in [-0.3, -0.25) is 4.79 Å². The van der Waals surface area contributed by atoms with E-state index in [4.69, 9.17) is 5.73 Å². The number of amides is 1. The van der Waals surface area contributed by atoms with Gasteiger partial charge in [0.1, 0.15) is 5.82 Å². The van der Waals surface area contributed by atoms with E-state index in [1.165, 1.54) is 12.1 Å². The van der Waals surface area contributed by atoms with Crippen LogP contribution in [0.15, 0.2) is 34.8 Å². The Kier molecular flexibility index (Phi) is 3.57. The van der Waals surface area contributed by atoms with Crippen LogP contribution in [0.5, 0.6) is 0 Å². The van der Waals surface area contributed by atoms with Gasteiger partial charge in [-0.15, -0.1) is 10.2 Å². The Bertz CT molecular complexity index is 583. The first-order valence-electron chi connectivity index (χ1n) is 5.23. The van der Waals surface area contributed by atoms with Gasteiger partial charge in [0.2, 0.25) is 0 Å². The highest BCUT2D eigenvalue weighted by Gasteiger charge is 2.10. The summed E-state index contributed by atoms with van der Waals surface area (Å²) in [5, 5.41) is 10.1. The Balaban J connectivity index is 2.21. The molecule has 0 saturated carbocycles. The van der Waals surface area contributed by atoms with Crippen molar-refractivity contribution in [3.63, 3.8) is 0 Å². The Labute approximate surface area is 113 Å². The van der Waals surface area contributed by atoms with E-state index >= 15 is 0 Å². The molecule has 0 aliphatic heterocycles. The minimum Gasteiger partial charge on any atom is -0.382 e. The molecule has 0 atom stereocenters. The molecule has 0 radical (unpaired) electrons. The molecule has 2 rings (SSSR count). The molecular formula is C12H11BrN4O. The lowest BCUT2D eigenvalue weighted by Gasteiger charge is -2.08. The molecule has 0 aliphatic rings. The molecule has 0 aliphatic carbocycles. The van der Waals surface area contributed by atoms with Crippen LogP contribution in [0.4, 0.5) is 11.5 Å². The van der Waals surface area contributed by atoms with E-state index in [2.05, 4.69) is 31.4 Å². The average molecular weight is 307 g/mol. The molecule has 3 N–H and O–H groups in total. The third kappa shape index (κ3) is 2.65. The fourth-order valence-electron chi connectivity index (χ4n) is 1.39. The normalized spacial score (nSPS) is 10.1. The van der Waals surface area contributed by atoms with Gasteiger partial charge >= 0.3 is 0 Å². The molecule has 1 heterocycles. The van der Waals surface area contributed by atoms with Crippen LogP contribution in [0.3, 0.4) is 0 Å². The summed E-state index contributed by atoms with van der Waals surface area (Å²) in [5.74, 6) is -0.0334. The molecule has 2 aromatic rings. The first-order chi connectivity index (χ1) is 8.58. The molecule has 0 spiro atoms. The van der Waals surface area contributed by atoms with Crippen LogP contribution in [0.2, 0.25) is 0 Å². The van der Waals surface area contributed by atoms with E-state index in [1.54, 1.807) is 0 Å². The fraction of sp³-hybridized carbons (Fsp3) is 0.0833. The van der Waals surface area contributed by atoms with Crippen LogP contribution in [-0.4, -0.2) is 16.1 Å². The zero-order chi connectivity index (χ0) is 13.1. The van der Waals surface area contributed by atoms with E-state index < -0.39 is 0 Å². The number of anilines is 2. The van der Waals surface area contributed by atoms with Crippen molar-refractivity contribution in [2.75, 3.05) is 11.1 Å². The number of nitrogens with one attached hydrogen (secondary N) is 1. The van der Waals surface area contributed by atoms with Crippen molar-refractivity contribution in [1.29, 1.82) is 0 Å². The van der Waals surface area contributed by atoms with Crippen molar-refractivity contribution >= 4 is 33.3 Å². The third-order valence-electron chi connectivity index (χ3n) is 2.43. The van der Waals surface area contributed by atoms with E-state index in [0.29, 0.717) is 0 Å². The van der Waals surface area contributed by atoms with Gasteiger partial charge in [-0.05, 0) is 36.8 Å². The number of benzene rings is 1. The second-order valence-electron chi connectivity index (χ2n) is 3.71. The number of nitrogen functional groups attached to an aromatic ring is 1. The molecule has 0 saturated heterocycles. The number of halogens is 1. The highest BCUT2D eigenvalue weighted by Crippen LogP contribution is 2.23. The van der Waals surface area contributed by atoms with Gasteiger partial charge in [-0.1, -0.05) is 22.0 Å². The van der Waals surface area contributed by atoms with E-state index in [1.807, 2.05) is 25.1 Å². The lowest BCUT2D eigenvalue weighted by atomic mass is 10.2. The summed E-state index contributed by atoms with van der Waals surface area (Å²) < 4.78 is 0.934. The van der Waals surface area contributed by atoms with Crippen LogP contribution in [0.25, 0.3) is 0 Å². The third-order valence-corrected chi connectivity index (χ3v) is 3.29. The summed E-state index contributed by atoms with van der Waals surface area (Å²) in [6.45, 7) is 1.91. The molecular weight excluding hydrogens is 296 g/mol. The SMILES string of the molecule is Cc1c(Br)cccc1NC(=O)c1ccc(N)nn1. The number of aromatic nitrogens is 2. The summed E-state index contributed by atoms with van der Waals surface area (Å²) >= 11 is 3.41. The van der Waals surface area contributed by atoms with Crippen LogP contribution < -0.4 is 11.1 Å². The molecule has 5 nitrogen and oxygen atoms in total. The maximum absolute atomic E-state index is 11.9. The Morgan fingerprint density at radius 2 is 2.06 bits per heavy atom. The number of nitrogens with two attached hydrogens (primary N) is 1. The molecule has 92 valence electrons. The van der Waals surface area contributed by atoms with E-state index in [-0.39, 0.29) is 17.4 Å². The number of nitrogens with zero attached hydrogens (tertiary/aromatic N) is 2. The van der Waals surface area contributed by atoms with Crippen LogP contribution >= 0.6 is 15.9 Å². The second-order valence-corrected chi connectivity index (χ2v) is 4.56. The van der Waals surface area contributed by atoms with Crippen molar-refractivity contribution < 1.29 is 4.79 Å². The average Bonchev–Trinajstić information content (AvgIpc) is 2.36. The topological polar surface area (TPSA) is 80.9 Å². The van der Waals surface area contributed by atoms with Crippen LogP contribution in [0.1, 0.15) is 16.1 Å². The van der Waals surface area contributed by atoms with Crippen molar-refractivity contribution in [2.24, 2.45) is 0 Å². The van der Waals surface area contributed by atoms with Crippen LogP contribution in [0, 0.1) is 6.92 Å². The maximum Gasteiger partial charge on any atom is 0.276 e. The first-order valence-corrected chi connectivity index (χ1v) is 6.03. The predicted octanol–water partition coefficient (Wildman–Crippen LogP) is 2.38. The second kappa shape index (κ2) is 5.14. The number of hydrogen-bond donors (Lipinski definition) is 2. The molecule has 1 amide bonds. The molecule has 0 bridgehead atoms. The number of carbonyl (C=O) groups is 1. The molecule has 0 fully saturated rings. The van der Waals surface area contributed by atoms with Crippen LogP contribution in [-0.2, 0) is 0 Å². The number of carbonyl (C=O) groups excluding carboxylic acids is 1. The Morgan fingerprint density at radius 3 is 2.72 bits per heavy atom. The molecule has 0 unspecified atom stereocenters. The number of rotatable bonds is 2. The summed E-state index contributed by atoms with van der Waals surface area (Å²) in [5.41, 5.74) is 7.32. The summed E-state index contributed by atoms with van der Waals surface area (Å²) in [7, 11) is 0. The van der Waals surface area contributed by atoms with Gasteiger partial charge in [-0.25, -0.2) is 0 Å². The highest BCUT2D eigenvalue weighted by molar-refractivity contribution is 9.10. The van der Waals surface area contributed by atoms with Gasteiger partial charge in [0.25, 0.3) is 5.91 Å². The Hall–Kier alpha value is -1.95. The standard InChI is InChI=1S/C12H11BrN4O/c1-7-8(13)3-2-4-9(7)15-12(18)10-5-6-11(14)17-16-10/h2-6H,1H3,(H2,14,17)(H,15,18). The lowest BCUT2D eigenvalue weighted by molar-refractivity contribution is 0.102. The summed E-state index contributed by atoms with van der Waals surface area (Å²) in [6, 6.07) is 8.65. The van der Waals surface area contributed by atoms with Gasteiger partial charge in [-0.2, -0.15) is 0 Å². The largest absolute Gasteiger partial charge is 0.382 e. The minimum absolute atomic E-state index is 0.226. The quantitative estimate of drug-likeness (QED) is 0.892. The minimum atomic E-state index is -0.316. The van der Waals surface area contributed by atoms with Crippen molar-refractivity contribution in [3.05, 3.63) is 46.1 Å². The van der Waals surface area contributed by atoms with Crippen molar-refractivity contribution in [1.82, 2.24) is 10.2 Å². The van der Waals surface area contributed by atoms with Gasteiger partial charge in [0.05, 0.1) is 0 Å². The fourth-order valence-corrected chi connectivity index (χ4v) is 1.76. The summed E-state index contributed by atoms with van der Waals surface area (Å²) in [6.07, 6.45) is 0. The predicted molar refractivity (Wildman–Crippen MR) is 73.3 cm³/mol. The monoisotopic (exact) mass is 306 g/mol. The zero-order valence-electron chi connectivity index (χ0n) is 9.64. The Morgan fingerprint density at radius 1 is 1.28 bits per heavy atom. The molecule has 1 aromatic carbocycles. The van der Waals surface area contributed by atoms with Gasteiger partial charge in [0, 0.05) is 10.2 Å². The van der Waals surface area contributed by atoms with Gasteiger partial charge in [0.15, 0.2) is 5.69 Å². The highest BCUT2D eigenvalue weighted by atomic mass is 79.9.